The zero-order valence-electron chi connectivity index (χ0n) is 14.5. The molecule has 0 amide bonds. The number of nitro groups is 1. The quantitative estimate of drug-likeness (QED) is 0.414. The first-order valence-corrected chi connectivity index (χ1v) is 8.21. The number of nitrogens with zero attached hydrogens (tertiary/aromatic N) is 1. The van der Waals surface area contributed by atoms with E-state index < -0.39 is 37.1 Å². The van der Waals surface area contributed by atoms with Crippen LogP contribution in [0, 0.1) is 10.1 Å². The highest BCUT2D eigenvalue weighted by Crippen LogP contribution is 2.39. The number of alkyl halides is 2. The van der Waals surface area contributed by atoms with E-state index in [0.29, 0.717) is 12.0 Å². The van der Waals surface area contributed by atoms with Crippen LogP contribution in [0.15, 0.2) is 18.2 Å². The molecule has 144 valence electrons. The van der Waals surface area contributed by atoms with Crippen LogP contribution < -0.4 is 9.47 Å². The van der Waals surface area contributed by atoms with Crippen LogP contribution in [0.5, 0.6) is 11.5 Å². The molecule has 1 aromatic carbocycles. The van der Waals surface area contributed by atoms with Gasteiger partial charge in [-0.1, -0.05) is 6.07 Å². The Balaban J connectivity index is 2.29. The summed E-state index contributed by atoms with van der Waals surface area (Å²) >= 11 is 0. The smallest absolute Gasteiger partial charge is 0.302 e. The van der Waals surface area contributed by atoms with Gasteiger partial charge in [0, 0.05) is 18.3 Å². The van der Waals surface area contributed by atoms with Crippen LogP contribution in [0.3, 0.4) is 0 Å². The van der Waals surface area contributed by atoms with Crippen molar-refractivity contribution in [3.05, 3.63) is 33.9 Å². The van der Waals surface area contributed by atoms with Crippen molar-refractivity contribution in [2.24, 2.45) is 0 Å². The monoisotopic (exact) mass is 373 g/mol. The summed E-state index contributed by atoms with van der Waals surface area (Å²) in [6.07, 6.45) is -2.12. The summed E-state index contributed by atoms with van der Waals surface area (Å²) in [5, 5.41) is 11.4. The third kappa shape index (κ3) is 5.03. The first-order valence-electron chi connectivity index (χ1n) is 8.21. The predicted octanol–water partition coefficient (Wildman–Crippen LogP) is 3.18. The van der Waals surface area contributed by atoms with Crippen molar-refractivity contribution in [1.29, 1.82) is 0 Å². The summed E-state index contributed by atoms with van der Waals surface area (Å²) < 4.78 is 40.3. The molecule has 0 aromatic heterocycles. The van der Waals surface area contributed by atoms with E-state index in [1.807, 2.05) is 0 Å². The topological polar surface area (TPSA) is 87.9 Å². The van der Waals surface area contributed by atoms with Crippen LogP contribution in [-0.2, 0) is 9.53 Å². The zero-order chi connectivity index (χ0) is 19.3. The summed E-state index contributed by atoms with van der Waals surface area (Å²) in [7, 11) is 1.38. The minimum Gasteiger partial charge on any atom is -0.493 e. The molecule has 0 heterocycles. The SMILES string of the molecule is COc1ccc(C2CC(OC(C)=O)CCC2[N+](=O)[O-])cc1OCC(F)F. The average Bonchev–Trinajstić information content (AvgIpc) is 2.58. The number of hydrogen-bond acceptors (Lipinski definition) is 6. The molecular formula is C17H21F2NO6. The molecule has 3 atom stereocenters. The highest BCUT2D eigenvalue weighted by molar-refractivity contribution is 5.66. The summed E-state index contributed by atoms with van der Waals surface area (Å²) in [6.45, 7) is 0.484. The Morgan fingerprint density at radius 1 is 1.35 bits per heavy atom. The first kappa shape index (κ1) is 19.9. The van der Waals surface area contributed by atoms with E-state index in [0.717, 1.165) is 0 Å². The molecule has 1 fully saturated rings. The van der Waals surface area contributed by atoms with E-state index in [-0.39, 0.29) is 29.3 Å². The van der Waals surface area contributed by atoms with Gasteiger partial charge in [-0.2, -0.15) is 0 Å². The third-order valence-corrected chi connectivity index (χ3v) is 4.35. The number of halogens is 2. The largest absolute Gasteiger partial charge is 0.493 e. The van der Waals surface area contributed by atoms with Gasteiger partial charge in [0.05, 0.1) is 13.0 Å². The first-order chi connectivity index (χ1) is 12.3. The summed E-state index contributed by atoms with van der Waals surface area (Å²) in [4.78, 5) is 22.3. The minimum atomic E-state index is -2.65. The van der Waals surface area contributed by atoms with Crippen molar-refractivity contribution in [2.45, 2.75) is 50.7 Å². The van der Waals surface area contributed by atoms with Gasteiger partial charge < -0.3 is 14.2 Å². The minimum absolute atomic E-state index is 0.0991. The van der Waals surface area contributed by atoms with Crippen molar-refractivity contribution in [3.63, 3.8) is 0 Å². The predicted molar refractivity (Wildman–Crippen MR) is 87.4 cm³/mol. The Morgan fingerprint density at radius 3 is 2.65 bits per heavy atom. The number of esters is 1. The van der Waals surface area contributed by atoms with Crippen molar-refractivity contribution in [1.82, 2.24) is 0 Å². The van der Waals surface area contributed by atoms with Gasteiger partial charge >= 0.3 is 5.97 Å². The second kappa shape index (κ2) is 8.77. The van der Waals surface area contributed by atoms with Crippen molar-refractivity contribution in [2.75, 3.05) is 13.7 Å². The van der Waals surface area contributed by atoms with Gasteiger partial charge in [-0.3, -0.25) is 14.9 Å². The van der Waals surface area contributed by atoms with Crippen molar-refractivity contribution in [3.8, 4) is 11.5 Å². The highest BCUT2D eigenvalue weighted by atomic mass is 19.3. The molecule has 0 radical (unpaired) electrons. The molecule has 3 unspecified atom stereocenters. The van der Waals surface area contributed by atoms with Crippen LogP contribution in [0.4, 0.5) is 8.78 Å². The lowest BCUT2D eigenvalue weighted by atomic mass is 9.78. The molecule has 1 saturated carbocycles. The average molecular weight is 373 g/mol. The third-order valence-electron chi connectivity index (χ3n) is 4.35. The Hall–Kier alpha value is -2.45. The number of carbonyl (C=O) groups excluding carboxylic acids is 1. The van der Waals surface area contributed by atoms with Gasteiger partial charge in [0.1, 0.15) is 12.7 Å². The fourth-order valence-electron chi connectivity index (χ4n) is 3.26. The van der Waals surface area contributed by atoms with Gasteiger partial charge in [0.2, 0.25) is 6.04 Å². The zero-order valence-corrected chi connectivity index (χ0v) is 14.5. The van der Waals surface area contributed by atoms with Gasteiger partial charge in [-0.05, 0) is 30.5 Å². The van der Waals surface area contributed by atoms with Gasteiger partial charge in [0.15, 0.2) is 11.5 Å². The maximum absolute atomic E-state index is 12.4. The van der Waals surface area contributed by atoms with Crippen LogP contribution in [0.1, 0.15) is 37.7 Å². The molecule has 0 saturated heterocycles. The summed E-state index contributed by atoms with van der Waals surface area (Å²) in [5.74, 6) is -0.603. The number of methoxy groups -OCH3 is 1. The molecular weight excluding hydrogens is 352 g/mol. The van der Waals surface area contributed by atoms with E-state index in [2.05, 4.69) is 0 Å². The molecule has 0 aliphatic heterocycles. The maximum Gasteiger partial charge on any atom is 0.302 e. The molecule has 1 aliphatic carbocycles. The Bertz CT molecular complexity index is 654. The van der Waals surface area contributed by atoms with Crippen LogP contribution in [-0.4, -0.2) is 43.2 Å². The lowest BCUT2D eigenvalue weighted by Crippen LogP contribution is -2.37. The van der Waals surface area contributed by atoms with Crippen LogP contribution in [0.25, 0.3) is 0 Å². The standard InChI is InChI=1S/C17H21F2NO6/c1-10(21)26-12-4-5-14(20(22)23)13(8-12)11-3-6-15(24-2)16(7-11)25-9-17(18)19/h3,6-7,12-14,17H,4-5,8-9H2,1-2H3. The maximum atomic E-state index is 12.4. The van der Waals surface area contributed by atoms with E-state index in [1.54, 1.807) is 6.07 Å². The Kier molecular flexibility index (Phi) is 6.70. The van der Waals surface area contributed by atoms with Crippen LogP contribution >= 0.6 is 0 Å². The highest BCUT2D eigenvalue weighted by Gasteiger charge is 2.40. The van der Waals surface area contributed by atoms with Gasteiger partial charge in [0.25, 0.3) is 6.43 Å². The number of hydrogen-bond donors (Lipinski definition) is 0. The number of benzene rings is 1. The van der Waals surface area contributed by atoms with Crippen LogP contribution in [0.2, 0.25) is 0 Å². The summed E-state index contributed by atoms with van der Waals surface area (Å²) in [6, 6.07) is 3.81. The Labute approximate surface area is 149 Å². The summed E-state index contributed by atoms with van der Waals surface area (Å²) in [5.41, 5.74) is 0.564. The number of carbonyl (C=O) groups is 1. The molecule has 1 aromatic rings. The fourth-order valence-corrected chi connectivity index (χ4v) is 3.26. The van der Waals surface area contributed by atoms with Gasteiger partial charge in [-0.15, -0.1) is 0 Å². The molecule has 7 nitrogen and oxygen atoms in total. The fraction of sp³-hybridized carbons (Fsp3) is 0.588. The molecule has 1 aliphatic rings. The van der Waals surface area contributed by atoms with E-state index in [9.17, 15) is 23.7 Å². The molecule has 9 heteroatoms. The second-order valence-electron chi connectivity index (χ2n) is 6.12. The molecule has 2 rings (SSSR count). The molecule has 0 bridgehead atoms. The lowest BCUT2D eigenvalue weighted by molar-refractivity contribution is -0.531. The number of rotatable bonds is 7. The normalized spacial score (nSPS) is 22.7. The Morgan fingerprint density at radius 2 is 2.08 bits per heavy atom. The van der Waals surface area contributed by atoms with E-state index in [1.165, 1.54) is 26.2 Å². The second-order valence-corrected chi connectivity index (χ2v) is 6.12. The van der Waals surface area contributed by atoms with Gasteiger partial charge in [-0.25, -0.2) is 8.78 Å². The van der Waals surface area contributed by atoms with E-state index >= 15 is 0 Å². The van der Waals surface area contributed by atoms with E-state index in [4.69, 9.17) is 14.2 Å². The lowest BCUT2D eigenvalue weighted by Gasteiger charge is -2.31. The van der Waals surface area contributed by atoms with Crippen molar-refractivity contribution >= 4 is 5.97 Å². The molecule has 0 spiro atoms. The van der Waals surface area contributed by atoms with Crippen molar-refractivity contribution < 1.29 is 32.7 Å². The number of ether oxygens (including phenoxy) is 3. The molecule has 0 N–H and O–H groups in total. The molecule has 26 heavy (non-hydrogen) atoms.